The summed E-state index contributed by atoms with van der Waals surface area (Å²) in [6.45, 7) is 5.79. The molecule has 0 aliphatic heterocycles. The van der Waals surface area contributed by atoms with E-state index >= 15 is 0 Å². The Balaban J connectivity index is 0.00000420. The quantitative estimate of drug-likeness (QED) is 0.485. The molecule has 29 heavy (non-hydrogen) atoms. The van der Waals surface area contributed by atoms with Crippen LogP contribution in [0.1, 0.15) is 37.8 Å². The highest BCUT2D eigenvalue weighted by molar-refractivity contribution is 5.86. The number of benzene rings is 2. The first kappa shape index (κ1) is 25.2. The predicted molar refractivity (Wildman–Crippen MR) is 120 cm³/mol. The Morgan fingerprint density at radius 3 is 1.83 bits per heavy atom. The summed E-state index contributed by atoms with van der Waals surface area (Å²) in [5, 5.41) is 0. The van der Waals surface area contributed by atoms with Crippen LogP contribution in [0.15, 0.2) is 60.7 Å². The third-order valence-electron chi connectivity index (χ3n) is 5.11. The van der Waals surface area contributed by atoms with Crippen molar-refractivity contribution in [1.29, 1.82) is 0 Å². The fourth-order valence-electron chi connectivity index (χ4n) is 3.16. The van der Waals surface area contributed by atoms with Gasteiger partial charge in [-0.3, -0.25) is 0 Å². The van der Waals surface area contributed by atoms with Crippen LogP contribution in [0.4, 0.5) is 0 Å². The van der Waals surface area contributed by atoms with E-state index < -0.39 is 5.60 Å². The number of carbonyl (C=O) groups is 1. The van der Waals surface area contributed by atoms with Crippen LogP contribution < -0.4 is 0 Å². The van der Waals surface area contributed by atoms with E-state index in [9.17, 15) is 4.79 Å². The van der Waals surface area contributed by atoms with Crippen molar-refractivity contribution in [3.05, 3.63) is 71.8 Å². The topological polar surface area (TPSA) is 38.8 Å². The SMILES string of the molecule is CCC(CC)COC(C(=O)OCCN(C)C)(c1ccccc1)c1ccccc1.Cl. The van der Waals surface area contributed by atoms with E-state index in [1.165, 1.54) is 0 Å². The number of likely N-dealkylation sites (N-methyl/N-ethyl adjacent to an activating group) is 1. The lowest BCUT2D eigenvalue weighted by Gasteiger charge is -2.34. The summed E-state index contributed by atoms with van der Waals surface area (Å²) in [4.78, 5) is 15.5. The van der Waals surface area contributed by atoms with E-state index in [1.54, 1.807) is 0 Å². The molecule has 0 saturated heterocycles. The number of carbonyl (C=O) groups excluding carboxylic acids is 1. The molecular weight excluding hydrogens is 386 g/mol. The lowest BCUT2D eigenvalue weighted by Crippen LogP contribution is -2.43. The van der Waals surface area contributed by atoms with E-state index in [-0.39, 0.29) is 18.4 Å². The van der Waals surface area contributed by atoms with E-state index in [4.69, 9.17) is 9.47 Å². The van der Waals surface area contributed by atoms with Gasteiger partial charge in [0.15, 0.2) is 0 Å². The molecule has 0 aromatic heterocycles. The second-order valence-corrected chi connectivity index (χ2v) is 7.35. The van der Waals surface area contributed by atoms with E-state index in [2.05, 4.69) is 13.8 Å². The number of hydrogen-bond donors (Lipinski definition) is 0. The normalized spacial score (nSPS) is 11.4. The zero-order chi connectivity index (χ0) is 20.4. The van der Waals surface area contributed by atoms with Gasteiger partial charge in [-0.1, -0.05) is 87.4 Å². The molecule has 0 bridgehead atoms. The van der Waals surface area contributed by atoms with Crippen LogP contribution in [0.2, 0.25) is 0 Å². The van der Waals surface area contributed by atoms with Gasteiger partial charge in [0.05, 0.1) is 6.61 Å². The molecule has 2 aromatic carbocycles. The van der Waals surface area contributed by atoms with Crippen LogP contribution in [-0.2, 0) is 19.9 Å². The minimum atomic E-state index is -1.27. The summed E-state index contributed by atoms with van der Waals surface area (Å²) in [7, 11) is 3.91. The molecule has 0 spiro atoms. The zero-order valence-electron chi connectivity index (χ0n) is 18.0. The van der Waals surface area contributed by atoms with Gasteiger partial charge in [-0.2, -0.15) is 0 Å². The Hall–Kier alpha value is -1.88. The summed E-state index contributed by atoms with van der Waals surface area (Å²) >= 11 is 0. The van der Waals surface area contributed by atoms with E-state index in [0.29, 0.717) is 25.7 Å². The van der Waals surface area contributed by atoms with Crippen molar-refractivity contribution in [2.45, 2.75) is 32.3 Å². The Labute approximate surface area is 181 Å². The first-order valence-corrected chi connectivity index (χ1v) is 10.1. The van der Waals surface area contributed by atoms with Gasteiger partial charge in [0, 0.05) is 6.54 Å². The maximum Gasteiger partial charge on any atom is 0.347 e. The van der Waals surface area contributed by atoms with Gasteiger partial charge < -0.3 is 14.4 Å². The second-order valence-electron chi connectivity index (χ2n) is 7.35. The third kappa shape index (κ3) is 6.56. The van der Waals surface area contributed by atoms with Crippen molar-refractivity contribution in [1.82, 2.24) is 4.90 Å². The molecule has 0 saturated carbocycles. The van der Waals surface area contributed by atoms with Gasteiger partial charge in [0.2, 0.25) is 5.60 Å². The zero-order valence-corrected chi connectivity index (χ0v) is 18.8. The molecule has 0 fully saturated rings. The summed E-state index contributed by atoms with van der Waals surface area (Å²) < 4.78 is 12.2. The average molecular weight is 420 g/mol. The summed E-state index contributed by atoms with van der Waals surface area (Å²) in [6.07, 6.45) is 2.01. The number of ether oxygens (including phenoxy) is 2. The second kappa shape index (κ2) is 12.6. The molecule has 2 rings (SSSR count). The van der Waals surface area contributed by atoms with Crippen LogP contribution in [0.5, 0.6) is 0 Å². The molecule has 4 nitrogen and oxygen atoms in total. The first-order chi connectivity index (χ1) is 13.5. The first-order valence-electron chi connectivity index (χ1n) is 10.1. The monoisotopic (exact) mass is 419 g/mol. The summed E-state index contributed by atoms with van der Waals surface area (Å²) in [5.74, 6) is 0.0269. The maximum absolute atomic E-state index is 13.5. The highest BCUT2D eigenvalue weighted by Crippen LogP contribution is 2.36. The van der Waals surface area contributed by atoms with Gasteiger partial charge in [-0.15, -0.1) is 12.4 Å². The van der Waals surface area contributed by atoms with Crippen molar-refractivity contribution in [2.24, 2.45) is 5.92 Å². The fraction of sp³-hybridized carbons (Fsp3) is 0.458. The van der Waals surface area contributed by atoms with Gasteiger partial charge in [-0.25, -0.2) is 4.79 Å². The number of rotatable bonds is 11. The van der Waals surface area contributed by atoms with Crippen LogP contribution in [-0.4, -0.2) is 44.7 Å². The van der Waals surface area contributed by atoms with Crippen LogP contribution in [0.3, 0.4) is 0 Å². The van der Waals surface area contributed by atoms with Crippen LogP contribution in [0.25, 0.3) is 0 Å². The predicted octanol–water partition coefficient (Wildman–Crippen LogP) is 4.91. The van der Waals surface area contributed by atoms with E-state index in [1.807, 2.05) is 79.7 Å². The molecule has 5 heteroatoms. The fourth-order valence-corrected chi connectivity index (χ4v) is 3.16. The third-order valence-corrected chi connectivity index (χ3v) is 5.11. The molecule has 0 aliphatic rings. The highest BCUT2D eigenvalue weighted by Gasteiger charge is 2.45. The van der Waals surface area contributed by atoms with Gasteiger partial charge in [0.25, 0.3) is 0 Å². The van der Waals surface area contributed by atoms with Crippen LogP contribution in [0, 0.1) is 5.92 Å². The molecule has 0 N–H and O–H groups in total. The lowest BCUT2D eigenvalue weighted by molar-refractivity contribution is -0.170. The van der Waals surface area contributed by atoms with Crippen molar-refractivity contribution in [3.63, 3.8) is 0 Å². The molecule has 0 radical (unpaired) electrons. The number of nitrogens with zero attached hydrogens (tertiary/aromatic N) is 1. The minimum absolute atomic E-state index is 0. The van der Waals surface area contributed by atoms with Crippen molar-refractivity contribution in [3.8, 4) is 0 Å². The molecule has 0 heterocycles. The standard InChI is InChI=1S/C24H33NO3.ClH/c1-5-20(6-2)19-28-24(21-13-9-7-10-14-21,22-15-11-8-12-16-22)23(26)27-18-17-25(3)4;/h7-16,20H,5-6,17-19H2,1-4H3;1H. The largest absolute Gasteiger partial charge is 0.462 e. The molecule has 2 aromatic rings. The molecule has 160 valence electrons. The molecule has 0 atom stereocenters. The molecule has 0 unspecified atom stereocenters. The summed E-state index contributed by atoms with van der Waals surface area (Å²) in [5.41, 5.74) is 0.321. The Morgan fingerprint density at radius 2 is 1.41 bits per heavy atom. The molecular formula is C24H34ClNO3. The number of hydrogen-bond acceptors (Lipinski definition) is 4. The number of esters is 1. The molecule has 0 aliphatic carbocycles. The van der Waals surface area contributed by atoms with Crippen molar-refractivity contribution >= 4 is 18.4 Å². The van der Waals surface area contributed by atoms with Gasteiger partial charge in [0.1, 0.15) is 6.61 Å². The number of halogens is 1. The Kier molecular flexibility index (Phi) is 11.0. The Morgan fingerprint density at radius 1 is 0.931 bits per heavy atom. The smallest absolute Gasteiger partial charge is 0.347 e. The minimum Gasteiger partial charge on any atom is -0.462 e. The van der Waals surface area contributed by atoms with Crippen molar-refractivity contribution < 1.29 is 14.3 Å². The van der Waals surface area contributed by atoms with Crippen molar-refractivity contribution in [2.75, 3.05) is 33.9 Å². The average Bonchev–Trinajstić information content (AvgIpc) is 2.72. The van der Waals surface area contributed by atoms with Gasteiger partial charge >= 0.3 is 5.97 Å². The maximum atomic E-state index is 13.5. The van der Waals surface area contributed by atoms with E-state index in [0.717, 1.165) is 24.0 Å². The highest BCUT2D eigenvalue weighted by atomic mass is 35.5. The van der Waals surface area contributed by atoms with Crippen LogP contribution >= 0.6 is 12.4 Å². The lowest BCUT2D eigenvalue weighted by atomic mass is 9.85. The Bertz CT molecular complexity index is 663. The summed E-state index contributed by atoms with van der Waals surface area (Å²) in [6, 6.07) is 19.4. The molecule has 0 amide bonds. The van der Waals surface area contributed by atoms with Gasteiger partial charge in [-0.05, 0) is 31.1 Å².